The Morgan fingerprint density at radius 1 is 0.184 bits per heavy atom. The summed E-state index contributed by atoms with van der Waals surface area (Å²) in [5, 5.41) is 0. The van der Waals surface area contributed by atoms with Crippen LogP contribution in [0.4, 0.5) is 0 Å². The first-order valence-corrected chi connectivity index (χ1v) is 27.0. The molecule has 37 nitrogen and oxygen atoms in total. The topological polar surface area (TPSA) is 590 Å². The fourth-order valence-corrected chi connectivity index (χ4v) is 17.0. The third-order valence-corrected chi connectivity index (χ3v) is 20.5. The maximum atomic E-state index is 11.8. The number of hydrogen-bond acceptors (Lipinski definition) is 23. The molecule has 10 atom stereocenters. The molecular weight excluding hydrogens is 964 g/mol. The van der Waals surface area contributed by atoms with E-state index in [1.54, 1.807) is 0 Å². The molecule has 0 bridgehead atoms. The number of rotatable bonds is 22. The molecule has 0 saturated carbocycles. The monoisotopic (exact) mass is 978 g/mol. The standard InChI is InChI=1S/H14O37P12/c1-38(2,3)27-40(7,8)29-42(11,12)31-44(15,16)33-46(19,20)35-48(23,24)37-49(25,26)36-47(21,22)34-45(17,18)32-43(13,14)30-41(9,10)28-39(4,5)6/h(H,7,8)(H,9,10)(H,11,12)(H,13,14)(H,15,16)(H,17,18)(H,19,20)(H,21,22)(H,23,24)(H,25,26)(H2,1,2,3)(H2,4,5,6). The van der Waals surface area contributed by atoms with Crippen LogP contribution in [-0.2, 0) is 102 Å². The fourth-order valence-electron chi connectivity index (χ4n) is 1.59. The van der Waals surface area contributed by atoms with Gasteiger partial charge in [-0.25, -0.2) is 54.8 Å². The third kappa shape index (κ3) is 24.7. The van der Waals surface area contributed by atoms with E-state index in [4.69, 9.17) is 39.1 Å². The van der Waals surface area contributed by atoms with Crippen LogP contribution in [0.1, 0.15) is 0 Å². The Balaban J connectivity index is 5.68. The Bertz CT molecular complexity index is 1670. The van der Waals surface area contributed by atoms with Gasteiger partial charge in [0, 0.05) is 0 Å². The minimum atomic E-state index is -6.95. The molecule has 0 aromatic rings. The second-order valence-electron chi connectivity index (χ2n) is 6.56. The minimum absolute atomic E-state index is 3.00. The van der Waals surface area contributed by atoms with Crippen LogP contribution >= 0.6 is 93.9 Å². The zero-order valence-electron chi connectivity index (χ0n) is 21.0. The predicted molar refractivity (Wildman–Crippen MR) is 134 cm³/mol. The Hall–Kier alpha value is 1.76. The van der Waals surface area contributed by atoms with E-state index in [1.165, 1.54) is 0 Å². The smallest absolute Gasteiger partial charge is 0.302 e. The van der Waals surface area contributed by atoms with E-state index in [0.717, 1.165) is 0 Å². The van der Waals surface area contributed by atoms with Crippen molar-refractivity contribution in [2.45, 2.75) is 0 Å². The van der Waals surface area contributed by atoms with Crippen LogP contribution in [0.5, 0.6) is 0 Å². The van der Waals surface area contributed by atoms with Gasteiger partial charge in [-0.2, -0.15) is 47.4 Å². The van der Waals surface area contributed by atoms with Gasteiger partial charge in [0.1, 0.15) is 0 Å². The van der Waals surface area contributed by atoms with Gasteiger partial charge in [0.2, 0.25) is 0 Å². The SMILES string of the molecule is O=P(O)(O)OP(=O)(O)OP(=O)(O)OP(=O)(O)OP(=O)(O)OP(=O)(O)OP(=O)(O)OP(=O)(O)OP(=O)(O)OP(=O)(O)OP(=O)(O)OP(=O)(O)O. The second kappa shape index (κ2) is 16.5. The van der Waals surface area contributed by atoms with E-state index in [9.17, 15) is 84.1 Å². The highest BCUT2D eigenvalue weighted by atomic mass is 31.3. The highest BCUT2D eigenvalue weighted by molar-refractivity contribution is 7.75. The lowest BCUT2D eigenvalue weighted by Gasteiger charge is -2.22. The van der Waals surface area contributed by atoms with Crippen molar-refractivity contribution in [2.24, 2.45) is 0 Å². The van der Waals surface area contributed by atoms with Crippen LogP contribution in [0.25, 0.3) is 0 Å². The van der Waals surface area contributed by atoms with Gasteiger partial charge >= 0.3 is 93.9 Å². The van der Waals surface area contributed by atoms with Gasteiger partial charge in [0.15, 0.2) is 0 Å². The molecule has 14 N–H and O–H groups in total. The van der Waals surface area contributed by atoms with Crippen LogP contribution < -0.4 is 0 Å². The molecule has 0 amide bonds. The quantitative estimate of drug-likeness (QED) is 0.0651. The zero-order valence-corrected chi connectivity index (χ0v) is 31.8. The maximum absolute atomic E-state index is 11.8. The Morgan fingerprint density at radius 2 is 0.265 bits per heavy atom. The van der Waals surface area contributed by atoms with Gasteiger partial charge < -0.3 is 68.5 Å². The minimum Gasteiger partial charge on any atom is -0.302 e. The van der Waals surface area contributed by atoms with Crippen molar-refractivity contribution in [1.29, 1.82) is 0 Å². The lowest BCUT2D eigenvalue weighted by atomic mass is 15.7. The maximum Gasteiger partial charge on any atom is 0.490 e. The molecule has 0 aliphatic rings. The number of phosphoric acid groups is 12. The second-order valence-corrected chi connectivity index (χ2v) is 25.1. The Kier molecular flexibility index (Phi) is 17.1. The fraction of sp³-hybridized carbons (Fsp3) is 0. The molecule has 0 aromatic carbocycles. The van der Waals surface area contributed by atoms with Crippen molar-refractivity contribution in [3.63, 3.8) is 0 Å². The molecule has 0 spiro atoms. The lowest BCUT2D eigenvalue weighted by molar-refractivity contribution is 0.180. The van der Waals surface area contributed by atoms with Crippen LogP contribution in [0.2, 0.25) is 0 Å². The molecule has 296 valence electrons. The van der Waals surface area contributed by atoms with Crippen LogP contribution in [-0.4, -0.2) is 68.5 Å². The molecule has 0 heterocycles. The molecule has 0 aliphatic carbocycles. The molecule has 0 aromatic heterocycles. The van der Waals surface area contributed by atoms with E-state index in [1.807, 2.05) is 0 Å². The summed E-state index contributed by atoms with van der Waals surface area (Å²) in [4.78, 5) is 125. The summed E-state index contributed by atoms with van der Waals surface area (Å²) in [5.41, 5.74) is 0. The third-order valence-electron chi connectivity index (χ3n) is 2.28. The summed E-state index contributed by atoms with van der Waals surface area (Å²) >= 11 is 0. The summed E-state index contributed by atoms with van der Waals surface area (Å²) in [6.45, 7) is 0. The summed E-state index contributed by atoms with van der Waals surface area (Å²) in [6, 6.07) is 0. The van der Waals surface area contributed by atoms with Crippen molar-refractivity contribution < 1.29 is 171 Å². The molecular formula is H14O37P12. The van der Waals surface area contributed by atoms with Crippen molar-refractivity contribution in [2.75, 3.05) is 0 Å². The van der Waals surface area contributed by atoms with Crippen LogP contribution in [0, 0.1) is 0 Å². The zero-order chi connectivity index (χ0) is 39.8. The number of hydrogen-bond donors (Lipinski definition) is 14. The highest BCUT2D eigenvalue weighted by Gasteiger charge is 2.53. The van der Waals surface area contributed by atoms with Crippen LogP contribution in [0.15, 0.2) is 0 Å². The van der Waals surface area contributed by atoms with Crippen molar-refractivity contribution in [1.82, 2.24) is 0 Å². The van der Waals surface area contributed by atoms with E-state index in [2.05, 4.69) is 47.4 Å². The molecule has 0 saturated heterocycles. The van der Waals surface area contributed by atoms with E-state index in [0.29, 0.717) is 0 Å². The summed E-state index contributed by atoms with van der Waals surface area (Å²) in [7, 11) is -79.5. The van der Waals surface area contributed by atoms with Crippen molar-refractivity contribution in [3.8, 4) is 0 Å². The van der Waals surface area contributed by atoms with Gasteiger partial charge in [-0.15, -0.1) is 0 Å². The molecule has 49 heavy (non-hydrogen) atoms. The Morgan fingerprint density at radius 3 is 0.347 bits per heavy atom. The first-order chi connectivity index (χ1) is 20.8. The summed E-state index contributed by atoms with van der Waals surface area (Å²) in [5.74, 6) is 0. The lowest BCUT2D eigenvalue weighted by Crippen LogP contribution is -2.01. The molecule has 10 unspecified atom stereocenters. The average molecular weight is 978 g/mol. The molecule has 0 radical (unpaired) electrons. The summed E-state index contributed by atoms with van der Waals surface area (Å²) < 4.78 is 171. The van der Waals surface area contributed by atoms with Gasteiger partial charge in [0.05, 0.1) is 0 Å². The largest absolute Gasteiger partial charge is 0.490 e. The summed E-state index contributed by atoms with van der Waals surface area (Å²) in [6.07, 6.45) is 0. The van der Waals surface area contributed by atoms with E-state index >= 15 is 0 Å². The first-order valence-electron chi connectivity index (χ1n) is 9.01. The van der Waals surface area contributed by atoms with Gasteiger partial charge in [-0.05, 0) is 0 Å². The van der Waals surface area contributed by atoms with Gasteiger partial charge in [-0.1, -0.05) is 0 Å². The van der Waals surface area contributed by atoms with Gasteiger partial charge in [-0.3, -0.25) is 0 Å². The van der Waals surface area contributed by atoms with Crippen molar-refractivity contribution >= 4 is 93.9 Å². The normalized spacial score (nSPS) is 25.6. The Labute approximate surface area is 264 Å². The average Bonchev–Trinajstić information content (AvgIpc) is 2.52. The highest BCUT2D eigenvalue weighted by Crippen LogP contribution is 2.79. The molecule has 0 rings (SSSR count). The van der Waals surface area contributed by atoms with E-state index in [-0.39, 0.29) is 0 Å². The molecule has 49 heteroatoms. The van der Waals surface area contributed by atoms with Gasteiger partial charge in [0.25, 0.3) is 0 Å². The molecule has 0 fully saturated rings. The predicted octanol–water partition coefficient (Wildman–Crippen LogP) is 0.358. The van der Waals surface area contributed by atoms with E-state index < -0.39 is 93.9 Å². The van der Waals surface area contributed by atoms with Crippen LogP contribution in [0.3, 0.4) is 0 Å². The van der Waals surface area contributed by atoms with Crippen molar-refractivity contribution in [3.05, 3.63) is 0 Å². The first kappa shape index (κ1) is 50.8. The molecule has 0 aliphatic heterocycles.